The second kappa shape index (κ2) is 5.99. The summed E-state index contributed by atoms with van der Waals surface area (Å²) >= 11 is 0. The van der Waals surface area contributed by atoms with Gasteiger partial charge in [0.15, 0.2) is 9.84 Å². The van der Waals surface area contributed by atoms with Crippen LogP contribution < -0.4 is 5.32 Å². The summed E-state index contributed by atoms with van der Waals surface area (Å²) in [6.45, 7) is 5.84. The standard InChI is InChI=1S/C15H27N3O2S/c1-12-10-18(13-8-6-5-7-9-13)14(17-12)16-11-15(2,3)21(4,19)20/h10,13H,5-9,11H2,1-4H3,(H,16,17). The fourth-order valence-electron chi connectivity index (χ4n) is 2.71. The molecule has 1 aliphatic carbocycles. The van der Waals surface area contributed by atoms with Crippen LogP contribution in [-0.4, -0.2) is 35.5 Å². The highest BCUT2D eigenvalue weighted by atomic mass is 32.2. The van der Waals surface area contributed by atoms with E-state index < -0.39 is 14.6 Å². The van der Waals surface area contributed by atoms with Crippen molar-refractivity contribution in [2.75, 3.05) is 18.1 Å². The van der Waals surface area contributed by atoms with Gasteiger partial charge in [-0.25, -0.2) is 13.4 Å². The summed E-state index contributed by atoms with van der Waals surface area (Å²) in [6.07, 6.45) is 9.56. The minimum absolute atomic E-state index is 0.370. The van der Waals surface area contributed by atoms with Gasteiger partial charge in [0.05, 0.1) is 10.4 Å². The number of imidazole rings is 1. The molecule has 0 radical (unpaired) electrons. The fraction of sp³-hybridized carbons (Fsp3) is 0.800. The molecule has 1 aromatic rings. The van der Waals surface area contributed by atoms with Crippen LogP contribution in [0.2, 0.25) is 0 Å². The largest absolute Gasteiger partial charge is 0.354 e. The van der Waals surface area contributed by atoms with Gasteiger partial charge in [-0.15, -0.1) is 0 Å². The molecule has 0 amide bonds. The maximum Gasteiger partial charge on any atom is 0.203 e. The topological polar surface area (TPSA) is 64.0 Å². The van der Waals surface area contributed by atoms with Gasteiger partial charge in [0, 0.05) is 25.0 Å². The van der Waals surface area contributed by atoms with E-state index in [1.165, 1.54) is 38.4 Å². The third-order valence-corrected chi connectivity index (χ3v) is 6.65. The third-order valence-electron chi connectivity index (χ3n) is 4.50. The minimum atomic E-state index is -3.10. The van der Waals surface area contributed by atoms with Crippen molar-refractivity contribution in [1.82, 2.24) is 9.55 Å². The molecule has 0 spiro atoms. The van der Waals surface area contributed by atoms with Gasteiger partial charge in [-0.2, -0.15) is 0 Å². The number of sulfone groups is 1. The molecule has 5 nitrogen and oxygen atoms in total. The molecule has 0 aromatic carbocycles. The first-order chi connectivity index (χ1) is 9.71. The van der Waals surface area contributed by atoms with Crippen molar-refractivity contribution in [3.63, 3.8) is 0 Å². The molecule has 1 N–H and O–H groups in total. The molecule has 0 atom stereocenters. The number of nitrogens with zero attached hydrogens (tertiary/aromatic N) is 2. The van der Waals surface area contributed by atoms with Crippen molar-refractivity contribution in [2.45, 2.75) is 63.7 Å². The molecule has 1 aliphatic rings. The van der Waals surface area contributed by atoms with E-state index in [-0.39, 0.29) is 0 Å². The van der Waals surface area contributed by atoms with Crippen molar-refractivity contribution in [3.8, 4) is 0 Å². The van der Waals surface area contributed by atoms with Gasteiger partial charge in [0.25, 0.3) is 0 Å². The second-order valence-electron chi connectivity index (χ2n) is 6.79. The summed E-state index contributed by atoms with van der Waals surface area (Å²) in [7, 11) is -3.10. The lowest BCUT2D eigenvalue weighted by atomic mass is 9.95. The van der Waals surface area contributed by atoms with E-state index in [0.717, 1.165) is 11.6 Å². The van der Waals surface area contributed by atoms with Crippen molar-refractivity contribution in [2.24, 2.45) is 0 Å². The molecule has 2 rings (SSSR count). The lowest BCUT2D eigenvalue weighted by molar-refractivity contribution is 0.355. The summed E-state index contributed by atoms with van der Waals surface area (Å²) in [5.41, 5.74) is 0.972. The Morgan fingerprint density at radius 2 is 1.95 bits per heavy atom. The maximum absolute atomic E-state index is 11.8. The van der Waals surface area contributed by atoms with Crippen LogP contribution in [0.5, 0.6) is 0 Å². The molecule has 120 valence electrons. The zero-order valence-corrected chi connectivity index (χ0v) is 14.3. The first-order valence-electron chi connectivity index (χ1n) is 7.70. The molecule has 1 aromatic heterocycles. The molecule has 0 bridgehead atoms. The van der Waals surface area contributed by atoms with E-state index >= 15 is 0 Å². The average Bonchev–Trinajstić information content (AvgIpc) is 2.77. The summed E-state index contributed by atoms with van der Waals surface area (Å²) < 4.78 is 25.0. The van der Waals surface area contributed by atoms with Gasteiger partial charge in [0.2, 0.25) is 5.95 Å². The Kier molecular flexibility index (Phi) is 4.66. The molecule has 1 fully saturated rings. The Hall–Kier alpha value is -1.04. The average molecular weight is 313 g/mol. The lowest BCUT2D eigenvalue weighted by Crippen LogP contribution is -2.38. The summed E-state index contributed by atoms with van der Waals surface area (Å²) in [6, 6.07) is 0.490. The lowest BCUT2D eigenvalue weighted by Gasteiger charge is -2.27. The number of aryl methyl sites for hydroxylation is 1. The SMILES string of the molecule is Cc1cn(C2CCCCC2)c(NCC(C)(C)S(C)(=O)=O)n1. The molecule has 1 saturated carbocycles. The van der Waals surface area contributed by atoms with Crippen LogP contribution in [0.3, 0.4) is 0 Å². The van der Waals surface area contributed by atoms with Crippen LogP contribution in [0, 0.1) is 6.92 Å². The normalized spacial score (nSPS) is 17.9. The first-order valence-corrected chi connectivity index (χ1v) is 9.59. The van der Waals surface area contributed by atoms with Gasteiger partial charge in [0.1, 0.15) is 0 Å². The molecule has 0 saturated heterocycles. The Morgan fingerprint density at radius 3 is 2.52 bits per heavy atom. The summed E-state index contributed by atoms with van der Waals surface area (Å²) in [5, 5.41) is 3.25. The third kappa shape index (κ3) is 3.78. The quantitative estimate of drug-likeness (QED) is 0.908. The molecule has 6 heteroatoms. The molecule has 21 heavy (non-hydrogen) atoms. The van der Waals surface area contributed by atoms with E-state index in [1.807, 2.05) is 6.92 Å². The maximum atomic E-state index is 11.8. The predicted octanol–water partition coefficient (Wildman–Crippen LogP) is 2.93. The number of hydrogen-bond donors (Lipinski definition) is 1. The summed E-state index contributed by atoms with van der Waals surface area (Å²) in [5.74, 6) is 0.802. The Balaban J connectivity index is 2.13. The van der Waals surface area contributed by atoms with Gasteiger partial charge in [-0.3, -0.25) is 0 Å². The predicted molar refractivity (Wildman–Crippen MR) is 86.5 cm³/mol. The Bertz CT molecular complexity index is 584. The van der Waals surface area contributed by atoms with Gasteiger partial charge >= 0.3 is 0 Å². The number of rotatable bonds is 5. The van der Waals surface area contributed by atoms with E-state index in [4.69, 9.17) is 0 Å². The highest BCUT2D eigenvalue weighted by Crippen LogP contribution is 2.31. The Morgan fingerprint density at radius 1 is 1.33 bits per heavy atom. The zero-order chi connectivity index (χ0) is 15.7. The zero-order valence-electron chi connectivity index (χ0n) is 13.5. The second-order valence-corrected chi connectivity index (χ2v) is 9.44. The fourth-order valence-corrected chi connectivity index (χ4v) is 3.04. The van der Waals surface area contributed by atoms with Crippen LogP contribution in [-0.2, 0) is 9.84 Å². The highest BCUT2D eigenvalue weighted by Gasteiger charge is 2.30. The number of anilines is 1. The van der Waals surface area contributed by atoms with Crippen molar-refractivity contribution in [3.05, 3.63) is 11.9 Å². The van der Waals surface area contributed by atoms with E-state index in [1.54, 1.807) is 13.8 Å². The van der Waals surface area contributed by atoms with Crippen LogP contribution in [0.25, 0.3) is 0 Å². The van der Waals surface area contributed by atoms with E-state index in [9.17, 15) is 8.42 Å². The van der Waals surface area contributed by atoms with Crippen LogP contribution >= 0.6 is 0 Å². The Labute approximate surface area is 128 Å². The number of nitrogens with one attached hydrogen (secondary N) is 1. The minimum Gasteiger partial charge on any atom is -0.354 e. The van der Waals surface area contributed by atoms with Crippen LogP contribution in [0.15, 0.2) is 6.20 Å². The molecular formula is C15H27N3O2S. The smallest absolute Gasteiger partial charge is 0.203 e. The van der Waals surface area contributed by atoms with Gasteiger partial charge < -0.3 is 9.88 Å². The molecule has 0 aliphatic heterocycles. The number of aromatic nitrogens is 2. The van der Waals surface area contributed by atoms with Crippen molar-refractivity contribution in [1.29, 1.82) is 0 Å². The number of hydrogen-bond acceptors (Lipinski definition) is 4. The van der Waals surface area contributed by atoms with Crippen molar-refractivity contribution < 1.29 is 8.42 Å². The summed E-state index contributed by atoms with van der Waals surface area (Å²) in [4.78, 5) is 4.53. The monoisotopic (exact) mass is 313 g/mol. The van der Waals surface area contributed by atoms with Crippen LogP contribution in [0.1, 0.15) is 57.7 Å². The van der Waals surface area contributed by atoms with Gasteiger partial charge in [-0.05, 0) is 33.6 Å². The van der Waals surface area contributed by atoms with E-state index in [2.05, 4.69) is 21.1 Å². The molecule has 1 heterocycles. The first kappa shape index (κ1) is 16.3. The van der Waals surface area contributed by atoms with E-state index in [0.29, 0.717) is 12.6 Å². The highest BCUT2D eigenvalue weighted by molar-refractivity contribution is 7.92. The van der Waals surface area contributed by atoms with Crippen molar-refractivity contribution >= 4 is 15.8 Å². The molecule has 0 unspecified atom stereocenters. The van der Waals surface area contributed by atoms with Gasteiger partial charge in [-0.1, -0.05) is 19.3 Å². The molecular weight excluding hydrogens is 286 g/mol. The van der Waals surface area contributed by atoms with Crippen LogP contribution in [0.4, 0.5) is 5.95 Å².